The molecule has 4 nitrogen and oxygen atoms in total. The zero-order chi connectivity index (χ0) is 15.5. The third-order valence-electron chi connectivity index (χ3n) is 3.72. The summed E-state index contributed by atoms with van der Waals surface area (Å²) in [4.78, 5) is 4.72. The summed E-state index contributed by atoms with van der Waals surface area (Å²) in [6.45, 7) is 9.51. The zero-order valence-electron chi connectivity index (χ0n) is 13.9. The van der Waals surface area contributed by atoms with Gasteiger partial charge in [-0.15, -0.1) is 0 Å². The van der Waals surface area contributed by atoms with Gasteiger partial charge in [-0.3, -0.25) is 4.99 Å². The largest absolute Gasteiger partial charge is 0.396 e. The fourth-order valence-corrected chi connectivity index (χ4v) is 3.91. The van der Waals surface area contributed by atoms with Crippen LogP contribution >= 0.6 is 11.8 Å². The molecule has 124 valence electrons. The molecule has 0 saturated carbocycles. The van der Waals surface area contributed by atoms with Gasteiger partial charge in [-0.1, -0.05) is 13.8 Å². The summed E-state index contributed by atoms with van der Waals surface area (Å²) in [5, 5.41) is 16.7. The smallest absolute Gasteiger partial charge is 0.191 e. The van der Waals surface area contributed by atoms with Crippen molar-refractivity contribution in [3.05, 3.63) is 0 Å². The van der Waals surface area contributed by atoms with Crippen LogP contribution in [-0.2, 0) is 0 Å². The Morgan fingerprint density at radius 2 is 2.19 bits per heavy atom. The molecule has 0 bridgehead atoms. The summed E-state index contributed by atoms with van der Waals surface area (Å²) in [6, 6.07) is 0. The second-order valence-corrected chi connectivity index (χ2v) is 7.65. The maximum atomic E-state index is 9.18. The van der Waals surface area contributed by atoms with E-state index < -0.39 is 0 Å². The summed E-state index contributed by atoms with van der Waals surface area (Å²) < 4.78 is 0. The molecular formula is C16H33N3OS. The van der Waals surface area contributed by atoms with Gasteiger partial charge in [0.25, 0.3) is 0 Å². The van der Waals surface area contributed by atoms with Crippen molar-refractivity contribution in [1.82, 2.24) is 10.6 Å². The third-order valence-corrected chi connectivity index (χ3v) is 5.11. The summed E-state index contributed by atoms with van der Waals surface area (Å²) in [5.41, 5.74) is 0. The SMILES string of the molecule is CCNC(=NCC(CCO)CC(C)C)NCC1CCCS1. The summed E-state index contributed by atoms with van der Waals surface area (Å²) in [7, 11) is 0. The van der Waals surface area contributed by atoms with Crippen LogP contribution in [0.5, 0.6) is 0 Å². The lowest BCUT2D eigenvalue weighted by Crippen LogP contribution is -2.40. The maximum absolute atomic E-state index is 9.18. The zero-order valence-corrected chi connectivity index (χ0v) is 14.7. The standard InChI is InChI=1S/C16H33N3OS/c1-4-17-16(19-12-15-6-5-9-21-15)18-11-14(7-8-20)10-13(2)3/h13-15,20H,4-12H2,1-3H3,(H2,17,18,19). The first-order valence-electron chi connectivity index (χ1n) is 8.40. The second kappa shape index (κ2) is 11.2. The van der Waals surface area contributed by atoms with Gasteiger partial charge >= 0.3 is 0 Å². The molecule has 0 aliphatic carbocycles. The number of nitrogens with one attached hydrogen (secondary N) is 2. The topological polar surface area (TPSA) is 56.7 Å². The molecule has 5 heteroatoms. The third kappa shape index (κ3) is 8.57. The molecule has 21 heavy (non-hydrogen) atoms. The Hall–Kier alpha value is -0.420. The normalized spacial score (nSPS) is 20.8. The van der Waals surface area contributed by atoms with Gasteiger partial charge in [0.05, 0.1) is 0 Å². The summed E-state index contributed by atoms with van der Waals surface area (Å²) in [5.74, 6) is 3.36. The van der Waals surface area contributed by atoms with Crippen molar-refractivity contribution < 1.29 is 5.11 Å². The molecule has 3 N–H and O–H groups in total. The monoisotopic (exact) mass is 315 g/mol. The van der Waals surface area contributed by atoms with Gasteiger partial charge in [-0.05, 0) is 50.2 Å². The number of rotatable bonds is 9. The lowest BCUT2D eigenvalue weighted by Gasteiger charge is -2.18. The van der Waals surface area contributed by atoms with Crippen LogP contribution in [0, 0.1) is 11.8 Å². The molecule has 0 aromatic carbocycles. The first-order chi connectivity index (χ1) is 10.2. The highest BCUT2D eigenvalue weighted by atomic mass is 32.2. The predicted molar refractivity (Wildman–Crippen MR) is 94.1 cm³/mol. The van der Waals surface area contributed by atoms with E-state index in [0.717, 1.165) is 43.7 Å². The van der Waals surface area contributed by atoms with Gasteiger partial charge in [-0.25, -0.2) is 0 Å². The molecule has 1 aliphatic rings. The predicted octanol–water partition coefficient (Wildman–Crippen LogP) is 2.48. The van der Waals surface area contributed by atoms with Crippen molar-refractivity contribution in [3.63, 3.8) is 0 Å². The van der Waals surface area contributed by atoms with Crippen molar-refractivity contribution >= 4 is 17.7 Å². The Labute approximate surface area is 134 Å². The van der Waals surface area contributed by atoms with Crippen LogP contribution in [0.25, 0.3) is 0 Å². The Balaban J connectivity index is 2.43. The minimum atomic E-state index is 0.260. The van der Waals surface area contributed by atoms with Crippen LogP contribution in [0.4, 0.5) is 0 Å². The molecule has 2 atom stereocenters. The first-order valence-corrected chi connectivity index (χ1v) is 9.45. The van der Waals surface area contributed by atoms with E-state index in [0.29, 0.717) is 11.8 Å². The molecule has 0 amide bonds. The average molecular weight is 316 g/mol. The van der Waals surface area contributed by atoms with Crippen LogP contribution in [0.2, 0.25) is 0 Å². The van der Waals surface area contributed by atoms with Crippen LogP contribution in [0.1, 0.15) is 46.5 Å². The number of hydrogen-bond acceptors (Lipinski definition) is 3. The molecular weight excluding hydrogens is 282 g/mol. The lowest BCUT2D eigenvalue weighted by molar-refractivity contribution is 0.245. The van der Waals surface area contributed by atoms with E-state index in [-0.39, 0.29) is 6.61 Å². The van der Waals surface area contributed by atoms with Crippen molar-refractivity contribution in [2.24, 2.45) is 16.8 Å². The number of aliphatic hydroxyl groups excluding tert-OH is 1. The lowest BCUT2D eigenvalue weighted by atomic mass is 9.94. The highest BCUT2D eigenvalue weighted by Gasteiger charge is 2.16. The maximum Gasteiger partial charge on any atom is 0.191 e. The molecule has 0 aromatic heterocycles. The minimum Gasteiger partial charge on any atom is -0.396 e. The molecule has 2 unspecified atom stereocenters. The van der Waals surface area contributed by atoms with E-state index >= 15 is 0 Å². The fourth-order valence-electron chi connectivity index (χ4n) is 2.71. The number of aliphatic hydroxyl groups is 1. The molecule has 0 aromatic rings. The fraction of sp³-hybridized carbons (Fsp3) is 0.938. The van der Waals surface area contributed by atoms with Crippen molar-refractivity contribution in [2.45, 2.75) is 51.7 Å². The Morgan fingerprint density at radius 3 is 2.76 bits per heavy atom. The Morgan fingerprint density at radius 1 is 1.38 bits per heavy atom. The van der Waals surface area contributed by atoms with Crippen molar-refractivity contribution in [3.8, 4) is 0 Å². The molecule has 1 aliphatic heterocycles. The van der Waals surface area contributed by atoms with E-state index in [9.17, 15) is 5.11 Å². The Kier molecular flexibility index (Phi) is 9.92. The quantitative estimate of drug-likeness (QED) is 0.452. The second-order valence-electron chi connectivity index (χ2n) is 6.24. The van der Waals surface area contributed by atoms with Gasteiger partial charge < -0.3 is 15.7 Å². The molecule has 0 radical (unpaired) electrons. The number of nitrogens with zero attached hydrogens (tertiary/aromatic N) is 1. The summed E-state index contributed by atoms with van der Waals surface area (Å²) in [6.07, 6.45) is 4.64. The number of hydrogen-bond donors (Lipinski definition) is 3. The number of thioether (sulfide) groups is 1. The van der Waals surface area contributed by atoms with E-state index in [1.807, 2.05) is 0 Å². The van der Waals surface area contributed by atoms with Crippen LogP contribution in [0.3, 0.4) is 0 Å². The first kappa shape index (κ1) is 18.6. The highest BCUT2D eigenvalue weighted by Crippen LogP contribution is 2.25. The molecule has 1 heterocycles. The van der Waals surface area contributed by atoms with Gasteiger partial charge in [-0.2, -0.15) is 11.8 Å². The molecule has 1 fully saturated rings. The van der Waals surface area contributed by atoms with Crippen molar-refractivity contribution in [1.29, 1.82) is 0 Å². The van der Waals surface area contributed by atoms with Gasteiger partial charge in [0, 0.05) is 31.5 Å². The molecule has 0 spiro atoms. The number of aliphatic imine (C=N–C) groups is 1. The van der Waals surface area contributed by atoms with E-state index in [4.69, 9.17) is 4.99 Å². The molecule has 1 rings (SSSR count). The van der Waals surface area contributed by atoms with E-state index in [1.54, 1.807) is 0 Å². The summed E-state index contributed by atoms with van der Waals surface area (Å²) >= 11 is 2.07. The van der Waals surface area contributed by atoms with E-state index in [1.165, 1.54) is 18.6 Å². The highest BCUT2D eigenvalue weighted by molar-refractivity contribution is 8.00. The van der Waals surface area contributed by atoms with Crippen LogP contribution in [-0.4, -0.2) is 48.3 Å². The minimum absolute atomic E-state index is 0.260. The average Bonchev–Trinajstić information content (AvgIpc) is 2.94. The molecule has 1 saturated heterocycles. The Bertz CT molecular complexity index is 291. The van der Waals surface area contributed by atoms with Crippen LogP contribution < -0.4 is 10.6 Å². The van der Waals surface area contributed by atoms with Gasteiger partial charge in [0.2, 0.25) is 0 Å². The van der Waals surface area contributed by atoms with Crippen molar-refractivity contribution in [2.75, 3.05) is 32.0 Å². The number of guanidine groups is 1. The van der Waals surface area contributed by atoms with E-state index in [2.05, 4.69) is 43.2 Å². The van der Waals surface area contributed by atoms with Gasteiger partial charge in [0.15, 0.2) is 5.96 Å². The van der Waals surface area contributed by atoms with Gasteiger partial charge in [0.1, 0.15) is 0 Å². The van der Waals surface area contributed by atoms with Crippen LogP contribution in [0.15, 0.2) is 4.99 Å².